The predicted octanol–water partition coefficient (Wildman–Crippen LogP) is 0.0361. The topological polar surface area (TPSA) is 446 Å². The van der Waals surface area contributed by atoms with Crippen LogP contribution in [-0.2, 0) is 62.1 Å². The second-order valence-corrected chi connectivity index (χ2v) is 22.4. The van der Waals surface area contributed by atoms with E-state index in [2.05, 4.69) is 16.0 Å². The van der Waals surface area contributed by atoms with Crippen molar-refractivity contribution in [3.63, 3.8) is 0 Å². The number of aliphatic hydroxyl groups excluding tert-OH is 15. The number of halogens is 6. The van der Waals surface area contributed by atoms with Crippen molar-refractivity contribution < 1.29 is 146 Å². The molecular formula is C68H113F6N3O24. The van der Waals surface area contributed by atoms with E-state index in [1.807, 2.05) is 58.9 Å². The Kier molecular flexibility index (Phi) is 53.6. The molecular weight excluding hydrogens is 1360 g/mol. The molecule has 0 spiro atoms. The van der Waals surface area contributed by atoms with Gasteiger partial charge in [-0.05, 0) is 42.9 Å². The van der Waals surface area contributed by atoms with Crippen molar-refractivity contribution in [3.8, 4) is 0 Å². The van der Waals surface area contributed by atoms with Crippen LogP contribution in [0, 0.1) is 6.92 Å². The van der Waals surface area contributed by atoms with Gasteiger partial charge in [0.1, 0.15) is 73.2 Å². The Morgan fingerprint density at radius 3 is 0.851 bits per heavy atom. The minimum Gasteiger partial charge on any atom is -0.394 e. The first-order valence-electron chi connectivity index (χ1n) is 33.1. The summed E-state index contributed by atoms with van der Waals surface area (Å²) >= 11 is 0. The van der Waals surface area contributed by atoms with Crippen molar-refractivity contribution in [3.05, 3.63) is 107 Å². The summed E-state index contributed by atoms with van der Waals surface area (Å²) in [6.45, 7) is 11.5. The molecule has 101 heavy (non-hydrogen) atoms. The lowest BCUT2D eigenvalue weighted by Crippen LogP contribution is -2.59. The zero-order chi connectivity index (χ0) is 77.6. The summed E-state index contributed by atoms with van der Waals surface area (Å²) in [4.78, 5) is 37.2. The molecule has 3 aliphatic heterocycles. The molecule has 33 heteroatoms. The molecule has 3 aromatic rings. The van der Waals surface area contributed by atoms with E-state index in [0.717, 1.165) is 22.3 Å². The summed E-state index contributed by atoms with van der Waals surface area (Å²) in [7, 11) is 1.50. The molecule has 3 amide bonds. The first-order chi connectivity index (χ1) is 48.2. The lowest BCUT2D eigenvalue weighted by atomic mass is 10.0. The van der Waals surface area contributed by atoms with Crippen LogP contribution in [0.1, 0.15) is 90.0 Å². The fourth-order valence-electron chi connectivity index (χ4n) is 9.56. The summed E-state index contributed by atoms with van der Waals surface area (Å²) in [5.74, 6) is -1.29. The van der Waals surface area contributed by atoms with E-state index in [9.17, 15) is 107 Å². The van der Waals surface area contributed by atoms with Gasteiger partial charge in [0.05, 0.1) is 117 Å². The Morgan fingerprint density at radius 2 is 0.634 bits per heavy atom. The van der Waals surface area contributed by atoms with E-state index in [1.165, 1.54) is 0 Å². The largest absolute Gasteiger partial charge is 0.394 e. The molecule has 586 valence electrons. The standard InChI is InChI=1S/C21H32FNO8.2C20H30FNO8.2C2H6.3CH3F/c1-3-14(25)18(27)13(23-16(26)8-12-6-4-11(2)5-7-12)10-30-21-20(29)19(28)17(22)15(9-24)31-21;2*1-2-13(24)17(26)12(22-15(25)8-11-6-4-3-5-7-11)10-29-20-19(28)18(27)16(21)14(9-23)30-20;5*1-2/h4-7,13-15,17-21,24-25,27-29H,3,8-10H2,1-2H3,(H,23,26);2*3-7,12-14,16-20,23-24,26-28H,2,8-10H2,1H3,(H,22,25);2*1-2H3;3*1H3/t13-,14+,15?,17+,18-,19-,20?,21-;2*12-,13+,14?,16+,17-,18-,19?,20-;;;;;/m000...../s1. The first-order valence-corrected chi connectivity index (χ1v) is 33.1. The third kappa shape index (κ3) is 33.6. The number of carbonyl (C=O) groups excluding carboxylic acids is 3. The number of rotatable bonds is 30. The number of nitrogens with one attached hydrogen (secondary N) is 3. The molecule has 3 fully saturated rings. The summed E-state index contributed by atoms with van der Waals surface area (Å²) in [5.41, 5.74) is 3.28. The van der Waals surface area contributed by atoms with Crippen molar-refractivity contribution in [1.82, 2.24) is 16.0 Å². The number of hydrogen-bond acceptors (Lipinski definition) is 24. The van der Waals surface area contributed by atoms with Crippen LogP contribution in [0.2, 0.25) is 0 Å². The average molecular weight is 1470 g/mol. The van der Waals surface area contributed by atoms with Crippen LogP contribution in [0.3, 0.4) is 0 Å². The van der Waals surface area contributed by atoms with Gasteiger partial charge in [0.15, 0.2) is 37.4 Å². The molecule has 24 atom stereocenters. The fraction of sp³-hybridized carbons (Fsp3) is 0.691. The highest BCUT2D eigenvalue weighted by Gasteiger charge is 2.48. The van der Waals surface area contributed by atoms with Gasteiger partial charge in [0.2, 0.25) is 17.7 Å². The molecule has 6 rings (SSSR count). The van der Waals surface area contributed by atoms with Crippen molar-refractivity contribution in [2.45, 2.75) is 241 Å². The molecule has 27 nitrogen and oxygen atoms in total. The smallest absolute Gasteiger partial charge is 0.224 e. The van der Waals surface area contributed by atoms with E-state index < -0.39 is 204 Å². The molecule has 3 aliphatic rings. The molecule has 6 unspecified atom stereocenters. The Bertz CT molecular complexity index is 2430. The zero-order valence-electron chi connectivity index (χ0n) is 59.1. The monoisotopic (exact) mass is 1470 g/mol. The molecule has 0 saturated carbocycles. The molecule has 3 heterocycles. The summed E-state index contributed by atoms with van der Waals surface area (Å²) in [6, 6.07) is 21.9. The number of aryl methyl sites for hydroxylation is 1. The maximum absolute atomic E-state index is 13.9. The van der Waals surface area contributed by atoms with Gasteiger partial charge in [-0.1, -0.05) is 139 Å². The maximum atomic E-state index is 13.9. The normalized spacial score (nSPS) is 27.0. The fourth-order valence-corrected chi connectivity index (χ4v) is 9.56. The minimum atomic E-state index is -2.00. The zero-order valence-corrected chi connectivity index (χ0v) is 59.1. The lowest BCUT2D eigenvalue weighted by Gasteiger charge is -2.39. The number of carbonyl (C=O) groups is 3. The lowest BCUT2D eigenvalue weighted by molar-refractivity contribution is -0.293. The van der Waals surface area contributed by atoms with Gasteiger partial charge in [-0.25, -0.2) is 13.2 Å². The van der Waals surface area contributed by atoms with E-state index in [1.54, 1.807) is 81.4 Å². The highest BCUT2D eigenvalue weighted by molar-refractivity contribution is 5.80. The molecule has 3 aromatic carbocycles. The van der Waals surface area contributed by atoms with Gasteiger partial charge in [-0.3, -0.25) is 27.6 Å². The van der Waals surface area contributed by atoms with Gasteiger partial charge in [0, 0.05) is 0 Å². The second kappa shape index (κ2) is 55.3. The van der Waals surface area contributed by atoms with Crippen molar-refractivity contribution >= 4 is 17.7 Å². The van der Waals surface area contributed by atoms with E-state index in [-0.39, 0.29) is 38.5 Å². The summed E-state index contributed by atoms with van der Waals surface area (Å²) in [6.07, 6.45) is -32.3. The van der Waals surface area contributed by atoms with Crippen molar-refractivity contribution in [1.29, 1.82) is 0 Å². The molecule has 0 bridgehead atoms. The highest BCUT2D eigenvalue weighted by Crippen LogP contribution is 2.28. The number of alkyl halides is 6. The van der Waals surface area contributed by atoms with Crippen LogP contribution in [-0.4, -0.2) is 303 Å². The van der Waals surface area contributed by atoms with E-state index in [0.29, 0.717) is 21.5 Å². The van der Waals surface area contributed by atoms with Crippen LogP contribution in [0.15, 0.2) is 84.9 Å². The third-order valence-electron chi connectivity index (χ3n) is 15.3. The van der Waals surface area contributed by atoms with Crippen LogP contribution in [0.5, 0.6) is 0 Å². The predicted molar refractivity (Wildman–Crippen MR) is 357 cm³/mol. The second-order valence-electron chi connectivity index (χ2n) is 22.4. The number of benzene rings is 3. The Labute approximate surface area is 587 Å². The molecule has 18 N–H and O–H groups in total. The average Bonchev–Trinajstić information content (AvgIpc) is 0.827. The Morgan fingerprint density at radius 1 is 0.406 bits per heavy atom. The van der Waals surface area contributed by atoms with Crippen LogP contribution in [0.25, 0.3) is 0 Å². The van der Waals surface area contributed by atoms with Gasteiger partial charge in [0.25, 0.3) is 0 Å². The van der Waals surface area contributed by atoms with E-state index >= 15 is 0 Å². The number of aliphatic hydroxyl groups is 15. The van der Waals surface area contributed by atoms with Crippen LogP contribution in [0.4, 0.5) is 26.3 Å². The number of amides is 3. The quantitative estimate of drug-likeness (QED) is 0.0392. The maximum Gasteiger partial charge on any atom is 0.224 e. The highest BCUT2D eigenvalue weighted by atomic mass is 19.1. The van der Waals surface area contributed by atoms with Crippen LogP contribution < -0.4 is 16.0 Å². The Balaban J connectivity index is 0. The summed E-state index contributed by atoms with van der Waals surface area (Å²) < 4.78 is 102. The molecule has 0 aliphatic carbocycles. The van der Waals surface area contributed by atoms with Crippen molar-refractivity contribution in [2.24, 2.45) is 0 Å². The van der Waals surface area contributed by atoms with Gasteiger partial charge in [-0.2, -0.15) is 0 Å². The van der Waals surface area contributed by atoms with Gasteiger partial charge >= 0.3 is 0 Å². The third-order valence-corrected chi connectivity index (χ3v) is 15.3. The molecule has 3 saturated heterocycles. The summed E-state index contributed by atoms with van der Waals surface area (Å²) in [5, 5.41) is 156. The number of ether oxygens (including phenoxy) is 6. The van der Waals surface area contributed by atoms with E-state index in [4.69, 9.17) is 38.6 Å². The minimum absolute atomic E-state index is 0.0309. The Hall–Kier alpha value is -5.19. The van der Waals surface area contributed by atoms with Gasteiger partial charge < -0.3 is 121 Å². The van der Waals surface area contributed by atoms with Gasteiger partial charge in [-0.15, -0.1) is 0 Å². The SMILES string of the molecule is CC.CC.CC[C@@H](O)[C@@H](O)[C@H](CO[C@H]1OC(CO)[C@@H](F)[C@H](O)C1O)NC(=O)Cc1ccc(C)cc1.CC[C@@H](O)[C@@H](O)[C@H](CO[C@H]1OC(CO)[C@@H](F)[C@H](O)C1O)NC(=O)Cc1ccccc1.CC[C@@H](O)[C@@H](O)[C@H](CO[C@H]1OC(CO)[C@@H](F)[C@H](O)C1O)NC(=O)Cc1ccccc1.CF.CF.CF. The van der Waals surface area contributed by atoms with Crippen molar-refractivity contribution in [2.75, 3.05) is 61.2 Å². The number of hydrogen-bond donors (Lipinski definition) is 18. The first kappa shape index (κ1) is 97.9. The van der Waals surface area contributed by atoms with Crippen LogP contribution >= 0.6 is 0 Å². The molecule has 0 aromatic heterocycles. The molecule has 0 radical (unpaired) electrons.